The maximum absolute atomic E-state index is 9.37. The van der Waals surface area contributed by atoms with Crippen LogP contribution in [0.3, 0.4) is 0 Å². The van der Waals surface area contributed by atoms with E-state index in [0.717, 1.165) is 18.6 Å². The van der Waals surface area contributed by atoms with Gasteiger partial charge in [0, 0.05) is 6.04 Å². The Balaban J connectivity index is 1.80. The first-order valence-electron chi connectivity index (χ1n) is 6.35. The van der Waals surface area contributed by atoms with Gasteiger partial charge in [0.2, 0.25) is 0 Å². The molecule has 0 amide bonds. The van der Waals surface area contributed by atoms with Crippen molar-refractivity contribution in [1.82, 2.24) is 5.32 Å². The topological polar surface area (TPSA) is 45.4 Å². The first-order chi connectivity index (χ1) is 8.83. The zero-order valence-electron chi connectivity index (χ0n) is 10.1. The first-order valence-corrected chi connectivity index (χ1v) is 6.35. The first kappa shape index (κ1) is 11.5. The van der Waals surface area contributed by atoms with E-state index in [1.165, 1.54) is 5.56 Å². The zero-order chi connectivity index (χ0) is 12.4. The summed E-state index contributed by atoms with van der Waals surface area (Å²) in [4.78, 5) is 0. The van der Waals surface area contributed by atoms with Crippen molar-refractivity contribution >= 4 is 0 Å². The maximum atomic E-state index is 9.37. The second-order valence-electron chi connectivity index (χ2n) is 4.85. The lowest BCUT2D eigenvalue weighted by atomic mass is 9.88. The third-order valence-corrected chi connectivity index (χ3v) is 3.48. The SMILES string of the molecule is OC1CC(NC(c2ccccc2)c2ccco2)C1. The molecular weight excluding hydrogens is 226 g/mol. The Bertz CT molecular complexity index is 474. The number of hydrogen-bond acceptors (Lipinski definition) is 3. The van der Waals surface area contributed by atoms with Gasteiger partial charge in [0.25, 0.3) is 0 Å². The monoisotopic (exact) mass is 243 g/mol. The molecule has 0 spiro atoms. The molecule has 0 saturated heterocycles. The highest BCUT2D eigenvalue weighted by molar-refractivity contribution is 5.26. The Kier molecular flexibility index (Phi) is 3.17. The lowest BCUT2D eigenvalue weighted by Crippen LogP contribution is -2.45. The molecular formula is C15H17NO2. The van der Waals surface area contributed by atoms with Crippen LogP contribution in [0.25, 0.3) is 0 Å². The summed E-state index contributed by atoms with van der Waals surface area (Å²) in [7, 11) is 0. The second kappa shape index (κ2) is 4.96. The summed E-state index contributed by atoms with van der Waals surface area (Å²) in [6.07, 6.45) is 3.20. The molecule has 2 N–H and O–H groups in total. The fraction of sp³-hybridized carbons (Fsp3) is 0.333. The maximum Gasteiger partial charge on any atom is 0.125 e. The molecule has 1 aromatic carbocycles. The average Bonchev–Trinajstić information content (AvgIpc) is 2.88. The van der Waals surface area contributed by atoms with Crippen molar-refractivity contribution < 1.29 is 9.52 Å². The Labute approximate surface area is 106 Å². The van der Waals surface area contributed by atoms with Gasteiger partial charge < -0.3 is 14.8 Å². The number of furan rings is 1. The van der Waals surface area contributed by atoms with Crippen LogP contribution in [-0.4, -0.2) is 17.3 Å². The molecule has 1 aliphatic carbocycles. The summed E-state index contributed by atoms with van der Waals surface area (Å²) >= 11 is 0. The lowest BCUT2D eigenvalue weighted by Gasteiger charge is -2.35. The van der Waals surface area contributed by atoms with Crippen LogP contribution in [0.2, 0.25) is 0 Å². The number of rotatable bonds is 4. The fourth-order valence-electron chi connectivity index (χ4n) is 2.40. The molecule has 1 aromatic heterocycles. The van der Waals surface area contributed by atoms with Gasteiger partial charge in [-0.25, -0.2) is 0 Å². The Morgan fingerprint density at radius 3 is 2.50 bits per heavy atom. The third-order valence-electron chi connectivity index (χ3n) is 3.48. The molecule has 3 heteroatoms. The molecule has 1 aliphatic rings. The zero-order valence-corrected chi connectivity index (χ0v) is 10.1. The Morgan fingerprint density at radius 2 is 1.89 bits per heavy atom. The predicted octanol–water partition coefficient (Wildman–Crippen LogP) is 2.48. The highest BCUT2D eigenvalue weighted by Crippen LogP contribution is 2.28. The van der Waals surface area contributed by atoms with Crippen molar-refractivity contribution in [3.8, 4) is 0 Å². The molecule has 0 radical (unpaired) electrons. The van der Waals surface area contributed by atoms with Crippen molar-refractivity contribution in [2.75, 3.05) is 0 Å². The molecule has 0 bridgehead atoms. The van der Waals surface area contributed by atoms with Crippen molar-refractivity contribution in [3.63, 3.8) is 0 Å². The molecule has 1 atom stereocenters. The number of nitrogens with one attached hydrogen (secondary N) is 1. The summed E-state index contributed by atoms with van der Waals surface area (Å²) < 4.78 is 5.52. The highest BCUT2D eigenvalue weighted by Gasteiger charge is 2.30. The van der Waals surface area contributed by atoms with E-state index in [0.29, 0.717) is 6.04 Å². The second-order valence-corrected chi connectivity index (χ2v) is 4.85. The van der Waals surface area contributed by atoms with E-state index >= 15 is 0 Å². The van der Waals surface area contributed by atoms with E-state index in [-0.39, 0.29) is 12.1 Å². The molecule has 3 nitrogen and oxygen atoms in total. The van der Waals surface area contributed by atoms with Gasteiger partial charge in [-0.1, -0.05) is 30.3 Å². The van der Waals surface area contributed by atoms with Gasteiger partial charge in [-0.2, -0.15) is 0 Å². The molecule has 1 heterocycles. The van der Waals surface area contributed by atoms with Crippen molar-refractivity contribution in [2.45, 2.75) is 31.0 Å². The van der Waals surface area contributed by atoms with Gasteiger partial charge in [0.1, 0.15) is 5.76 Å². The fourth-order valence-corrected chi connectivity index (χ4v) is 2.40. The Hall–Kier alpha value is -1.58. The van der Waals surface area contributed by atoms with E-state index in [1.807, 2.05) is 30.3 Å². The van der Waals surface area contributed by atoms with Crippen molar-refractivity contribution in [2.24, 2.45) is 0 Å². The van der Waals surface area contributed by atoms with Crippen LogP contribution in [-0.2, 0) is 0 Å². The lowest BCUT2D eigenvalue weighted by molar-refractivity contribution is 0.0585. The van der Waals surface area contributed by atoms with Gasteiger partial charge in [-0.15, -0.1) is 0 Å². The van der Waals surface area contributed by atoms with Gasteiger partial charge in [0.15, 0.2) is 0 Å². The highest BCUT2D eigenvalue weighted by atomic mass is 16.3. The minimum absolute atomic E-state index is 0.0682. The van der Waals surface area contributed by atoms with Gasteiger partial charge >= 0.3 is 0 Å². The van der Waals surface area contributed by atoms with Crippen LogP contribution in [0.15, 0.2) is 53.1 Å². The minimum atomic E-state index is -0.143. The predicted molar refractivity (Wildman–Crippen MR) is 69.2 cm³/mol. The van der Waals surface area contributed by atoms with Crippen LogP contribution in [0.1, 0.15) is 30.2 Å². The van der Waals surface area contributed by atoms with E-state index in [9.17, 15) is 5.11 Å². The summed E-state index contributed by atoms with van der Waals surface area (Å²) in [6.45, 7) is 0. The van der Waals surface area contributed by atoms with Crippen LogP contribution in [0.4, 0.5) is 0 Å². The van der Waals surface area contributed by atoms with Gasteiger partial charge in [-0.05, 0) is 30.5 Å². The summed E-state index contributed by atoms with van der Waals surface area (Å²) in [5, 5.41) is 12.9. The average molecular weight is 243 g/mol. The van der Waals surface area contributed by atoms with Gasteiger partial charge in [0.05, 0.1) is 18.4 Å². The molecule has 2 aromatic rings. The van der Waals surface area contributed by atoms with E-state index in [1.54, 1.807) is 6.26 Å². The number of aliphatic hydroxyl groups is 1. The molecule has 94 valence electrons. The summed E-state index contributed by atoms with van der Waals surface area (Å²) in [5.74, 6) is 0.919. The smallest absolute Gasteiger partial charge is 0.125 e. The molecule has 1 saturated carbocycles. The number of benzene rings is 1. The van der Waals surface area contributed by atoms with E-state index in [4.69, 9.17) is 4.42 Å². The van der Waals surface area contributed by atoms with E-state index in [2.05, 4.69) is 17.4 Å². The quantitative estimate of drug-likeness (QED) is 0.867. The normalized spacial score (nSPS) is 24.5. The van der Waals surface area contributed by atoms with Gasteiger partial charge in [-0.3, -0.25) is 0 Å². The molecule has 1 unspecified atom stereocenters. The number of aliphatic hydroxyl groups excluding tert-OH is 1. The molecule has 1 fully saturated rings. The standard InChI is InChI=1S/C15H17NO2/c17-13-9-12(10-13)16-15(14-7-4-8-18-14)11-5-2-1-3-6-11/h1-8,12-13,15-17H,9-10H2. The van der Waals surface area contributed by atoms with Crippen molar-refractivity contribution in [1.29, 1.82) is 0 Å². The largest absolute Gasteiger partial charge is 0.467 e. The summed E-state index contributed by atoms with van der Waals surface area (Å²) in [6, 6.07) is 14.6. The molecule has 0 aliphatic heterocycles. The molecule has 3 rings (SSSR count). The van der Waals surface area contributed by atoms with Crippen LogP contribution in [0.5, 0.6) is 0 Å². The van der Waals surface area contributed by atoms with E-state index < -0.39 is 0 Å². The van der Waals surface area contributed by atoms with Crippen molar-refractivity contribution in [3.05, 3.63) is 60.1 Å². The Morgan fingerprint density at radius 1 is 1.11 bits per heavy atom. The minimum Gasteiger partial charge on any atom is -0.467 e. The van der Waals surface area contributed by atoms with Crippen LogP contribution < -0.4 is 5.32 Å². The van der Waals surface area contributed by atoms with Crippen LogP contribution in [0, 0.1) is 0 Å². The molecule has 18 heavy (non-hydrogen) atoms. The summed E-state index contributed by atoms with van der Waals surface area (Å²) in [5.41, 5.74) is 1.19. The van der Waals surface area contributed by atoms with Crippen LogP contribution >= 0.6 is 0 Å². The third kappa shape index (κ3) is 2.33. The number of hydrogen-bond donors (Lipinski definition) is 2.